The highest BCUT2D eigenvalue weighted by Gasteiger charge is 2.56. The molecule has 0 bridgehead atoms. The number of carbonyl (C=O) groups is 1. The van der Waals surface area contributed by atoms with Crippen LogP contribution in [0.2, 0.25) is 0 Å². The number of benzene rings is 1. The molecule has 1 aliphatic carbocycles. The zero-order chi connectivity index (χ0) is 10.9. The summed E-state index contributed by atoms with van der Waals surface area (Å²) in [6.07, 6.45) is 0.913. The summed E-state index contributed by atoms with van der Waals surface area (Å²) in [6, 6.07) is 10.2. The molecule has 15 heavy (non-hydrogen) atoms. The van der Waals surface area contributed by atoms with Gasteiger partial charge >= 0.3 is 5.97 Å². The Morgan fingerprint density at radius 2 is 2.13 bits per heavy atom. The van der Waals surface area contributed by atoms with Crippen molar-refractivity contribution in [2.75, 3.05) is 6.61 Å². The molecular formula is C13H16O2. The SMILES string of the molecule is CCOC(=O)[C@@H]1C[C@@]1(C)c1ccccc1. The van der Waals surface area contributed by atoms with Crippen LogP contribution in [0.25, 0.3) is 0 Å². The first-order valence-corrected chi connectivity index (χ1v) is 5.40. The van der Waals surface area contributed by atoms with Crippen LogP contribution in [-0.2, 0) is 14.9 Å². The van der Waals surface area contributed by atoms with Crippen molar-refractivity contribution in [1.29, 1.82) is 0 Å². The van der Waals surface area contributed by atoms with Gasteiger partial charge in [-0.2, -0.15) is 0 Å². The van der Waals surface area contributed by atoms with E-state index in [2.05, 4.69) is 19.1 Å². The Kier molecular flexibility index (Phi) is 2.51. The summed E-state index contributed by atoms with van der Waals surface area (Å²) in [5.74, 6) is 0.00343. The molecule has 1 saturated carbocycles. The summed E-state index contributed by atoms with van der Waals surface area (Å²) in [7, 11) is 0. The molecule has 2 atom stereocenters. The van der Waals surface area contributed by atoms with E-state index in [1.54, 1.807) is 0 Å². The number of esters is 1. The summed E-state index contributed by atoms with van der Waals surface area (Å²) in [5, 5.41) is 0. The Balaban J connectivity index is 2.10. The zero-order valence-electron chi connectivity index (χ0n) is 9.19. The molecule has 1 fully saturated rings. The number of hydrogen-bond acceptors (Lipinski definition) is 2. The van der Waals surface area contributed by atoms with E-state index in [0.29, 0.717) is 6.61 Å². The smallest absolute Gasteiger partial charge is 0.309 e. The fourth-order valence-corrected chi connectivity index (χ4v) is 2.09. The van der Waals surface area contributed by atoms with Gasteiger partial charge in [-0.15, -0.1) is 0 Å². The first-order chi connectivity index (χ1) is 7.18. The van der Waals surface area contributed by atoms with Crippen molar-refractivity contribution in [3.8, 4) is 0 Å². The van der Waals surface area contributed by atoms with E-state index in [-0.39, 0.29) is 17.3 Å². The molecule has 2 rings (SSSR count). The van der Waals surface area contributed by atoms with Gasteiger partial charge < -0.3 is 4.74 Å². The Labute approximate surface area is 90.3 Å². The van der Waals surface area contributed by atoms with E-state index < -0.39 is 0 Å². The van der Waals surface area contributed by atoms with Crippen LogP contribution in [0, 0.1) is 5.92 Å². The van der Waals surface area contributed by atoms with Crippen molar-refractivity contribution < 1.29 is 9.53 Å². The molecule has 0 N–H and O–H groups in total. The summed E-state index contributed by atoms with van der Waals surface area (Å²) in [5.41, 5.74) is 1.25. The van der Waals surface area contributed by atoms with Crippen molar-refractivity contribution in [2.45, 2.75) is 25.7 Å². The normalized spacial score (nSPS) is 28.5. The Bertz CT molecular complexity index is 358. The van der Waals surface area contributed by atoms with Crippen LogP contribution in [0.5, 0.6) is 0 Å². The number of hydrogen-bond donors (Lipinski definition) is 0. The Morgan fingerprint density at radius 1 is 1.47 bits per heavy atom. The molecule has 2 nitrogen and oxygen atoms in total. The van der Waals surface area contributed by atoms with Gasteiger partial charge in [-0.25, -0.2) is 0 Å². The van der Waals surface area contributed by atoms with Crippen LogP contribution >= 0.6 is 0 Å². The quantitative estimate of drug-likeness (QED) is 0.707. The second kappa shape index (κ2) is 3.69. The third-order valence-electron chi connectivity index (χ3n) is 3.24. The van der Waals surface area contributed by atoms with Gasteiger partial charge in [0.2, 0.25) is 0 Å². The third-order valence-corrected chi connectivity index (χ3v) is 3.24. The maximum absolute atomic E-state index is 11.6. The highest BCUT2D eigenvalue weighted by Crippen LogP contribution is 2.54. The number of rotatable bonds is 3. The second-order valence-electron chi connectivity index (χ2n) is 4.29. The fraction of sp³-hybridized carbons (Fsp3) is 0.462. The van der Waals surface area contributed by atoms with Crippen molar-refractivity contribution in [3.63, 3.8) is 0 Å². The number of ether oxygens (including phenoxy) is 1. The van der Waals surface area contributed by atoms with Crippen LogP contribution in [-0.4, -0.2) is 12.6 Å². The standard InChI is InChI=1S/C13H16O2/c1-3-15-12(14)11-9-13(11,2)10-7-5-4-6-8-10/h4-8,11H,3,9H2,1-2H3/t11-,13-/m0/s1. The molecule has 0 aromatic heterocycles. The molecule has 0 unspecified atom stereocenters. The van der Waals surface area contributed by atoms with E-state index in [1.807, 2.05) is 25.1 Å². The van der Waals surface area contributed by atoms with Gasteiger partial charge in [0.05, 0.1) is 12.5 Å². The first-order valence-electron chi connectivity index (χ1n) is 5.40. The van der Waals surface area contributed by atoms with Gasteiger partial charge in [0.15, 0.2) is 0 Å². The van der Waals surface area contributed by atoms with Gasteiger partial charge in [-0.05, 0) is 18.9 Å². The van der Waals surface area contributed by atoms with E-state index in [1.165, 1.54) is 5.56 Å². The minimum Gasteiger partial charge on any atom is -0.466 e. The van der Waals surface area contributed by atoms with E-state index >= 15 is 0 Å². The zero-order valence-corrected chi connectivity index (χ0v) is 9.19. The lowest BCUT2D eigenvalue weighted by molar-refractivity contribution is -0.145. The lowest BCUT2D eigenvalue weighted by Gasteiger charge is -2.10. The van der Waals surface area contributed by atoms with Gasteiger partial charge in [0.1, 0.15) is 0 Å². The second-order valence-corrected chi connectivity index (χ2v) is 4.29. The van der Waals surface area contributed by atoms with E-state index in [4.69, 9.17) is 4.74 Å². The largest absolute Gasteiger partial charge is 0.466 e. The molecule has 0 radical (unpaired) electrons. The number of carbonyl (C=O) groups excluding carboxylic acids is 1. The third kappa shape index (κ3) is 1.76. The van der Waals surface area contributed by atoms with Gasteiger partial charge in [-0.3, -0.25) is 4.79 Å². The summed E-state index contributed by atoms with van der Waals surface area (Å²) in [4.78, 5) is 11.6. The van der Waals surface area contributed by atoms with Gasteiger partial charge in [0, 0.05) is 5.41 Å². The predicted molar refractivity (Wildman–Crippen MR) is 58.5 cm³/mol. The molecule has 0 amide bonds. The first kappa shape index (κ1) is 10.2. The maximum atomic E-state index is 11.6. The minimum atomic E-state index is -0.0520. The predicted octanol–water partition coefficient (Wildman–Crippen LogP) is 2.53. The molecule has 0 heterocycles. The van der Waals surface area contributed by atoms with Crippen LogP contribution in [0.3, 0.4) is 0 Å². The molecule has 0 spiro atoms. The monoisotopic (exact) mass is 204 g/mol. The van der Waals surface area contributed by atoms with Crippen LogP contribution in [0.1, 0.15) is 25.8 Å². The molecule has 2 heteroatoms. The van der Waals surface area contributed by atoms with Gasteiger partial charge in [-0.1, -0.05) is 37.3 Å². The Morgan fingerprint density at radius 3 is 2.73 bits per heavy atom. The van der Waals surface area contributed by atoms with Crippen molar-refractivity contribution >= 4 is 5.97 Å². The lowest BCUT2D eigenvalue weighted by atomic mass is 9.96. The summed E-state index contributed by atoms with van der Waals surface area (Å²) < 4.78 is 5.04. The molecule has 80 valence electrons. The van der Waals surface area contributed by atoms with Gasteiger partial charge in [0.25, 0.3) is 0 Å². The van der Waals surface area contributed by atoms with E-state index in [9.17, 15) is 4.79 Å². The van der Waals surface area contributed by atoms with Crippen LogP contribution in [0.15, 0.2) is 30.3 Å². The molecule has 0 aliphatic heterocycles. The Hall–Kier alpha value is -1.31. The average molecular weight is 204 g/mol. The van der Waals surface area contributed by atoms with Crippen molar-refractivity contribution in [3.05, 3.63) is 35.9 Å². The highest BCUT2D eigenvalue weighted by atomic mass is 16.5. The molecule has 1 aromatic rings. The van der Waals surface area contributed by atoms with Crippen LogP contribution < -0.4 is 0 Å². The highest BCUT2D eigenvalue weighted by molar-refractivity contribution is 5.79. The molecule has 0 saturated heterocycles. The van der Waals surface area contributed by atoms with E-state index in [0.717, 1.165) is 6.42 Å². The fourth-order valence-electron chi connectivity index (χ4n) is 2.09. The molecule has 1 aliphatic rings. The van der Waals surface area contributed by atoms with Crippen molar-refractivity contribution in [1.82, 2.24) is 0 Å². The molecule has 1 aromatic carbocycles. The van der Waals surface area contributed by atoms with Crippen molar-refractivity contribution in [2.24, 2.45) is 5.92 Å². The topological polar surface area (TPSA) is 26.3 Å². The summed E-state index contributed by atoms with van der Waals surface area (Å²) >= 11 is 0. The maximum Gasteiger partial charge on any atom is 0.309 e. The summed E-state index contributed by atoms with van der Waals surface area (Å²) in [6.45, 7) is 4.45. The minimum absolute atomic E-state index is 0.00745. The molecular weight excluding hydrogens is 188 g/mol. The van der Waals surface area contributed by atoms with Crippen LogP contribution in [0.4, 0.5) is 0 Å². The lowest BCUT2D eigenvalue weighted by Crippen LogP contribution is -2.14. The average Bonchev–Trinajstić information content (AvgIpc) is 2.94.